The van der Waals surface area contributed by atoms with Crippen LogP contribution in [-0.4, -0.2) is 54.9 Å². The number of thioether (sulfide) groups is 1. The summed E-state index contributed by atoms with van der Waals surface area (Å²) in [6.45, 7) is 6.15. The molecular weight excluding hydrogens is 344 g/mol. The molecule has 1 atom stereocenters. The van der Waals surface area contributed by atoms with Crippen LogP contribution in [0.25, 0.3) is 0 Å². The van der Waals surface area contributed by atoms with Crippen molar-refractivity contribution in [3.05, 3.63) is 29.8 Å². The minimum absolute atomic E-state index is 0. The summed E-state index contributed by atoms with van der Waals surface area (Å²) in [6, 6.07) is 8.93. The van der Waals surface area contributed by atoms with Gasteiger partial charge in [0.25, 0.3) is 0 Å². The van der Waals surface area contributed by atoms with Crippen molar-refractivity contribution in [1.29, 1.82) is 0 Å². The van der Waals surface area contributed by atoms with E-state index in [0.29, 0.717) is 18.3 Å². The molecule has 4 nitrogen and oxygen atoms in total. The van der Waals surface area contributed by atoms with Crippen molar-refractivity contribution in [1.82, 2.24) is 10.2 Å². The lowest BCUT2D eigenvalue weighted by molar-refractivity contribution is -0.133. The number of carbonyl (C=O) groups excluding carboxylic acids is 1. The van der Waals surface area contributed by atoms with Gasteiger partial charge in [0.15, 0.2) is 0 Å². The smallest absolute Gasteiger partial charge is 0.224 e. The van der Waals surface area contributed by atoms with Gasteiger partial charge in [0, 0.05) is 42.2 Å². The Bertz CT molecular complexity index is 512. The molecule has 0 saturated carbocycles. The fourth-order valence-corrected chi connectivity index (χ4v) is 4.25. The molecule has 0 spiro atoms. The molecule has 2 saturated heterocycles. The second-order valence-electron chi connectivity index (χ2n) is 6.44. The quantitative estimate of drug-likeness (QED) is 0.884. The van der Waals surface area contributed by atoms with Crippen LogP contribution < -0.4 is 5.32 Å². The number of likely N-dealkylation sites (tertiary alicyclic amines) is 1. The molecule has 6 heteroatoms. The number of aryl methyl sites for hydroxylation is 1. The molecule has 2 aliphatic rings. The normalized spacial score (nSPS) is 22.0. The lowest BCUT2D eigenvalue weighted by Crippen LogP contribution is -2.46. The highest BCUT2D eigenvalue weighted by molar-refractivity contribution is 8.00. The SMILES string of the molecule is Cc1ccc(SC2CCN(C(=O)CC3COCCN3)CC2)cc1.Cl. The summed E-state index contributed by atoms with van der Waals surface area (Å²) in [5.41, 5.74) is 1.30. The molecule has 0 bridgehead atoms. The molecule has 1 aromatic carbocycles. The van der Waals surface area contributed by atoms with Gasteiger partial charge >= 0.3 is 0 Å². The van der Waals surface area contributed by atoms with Crippen LogP contribution in [0.1, 0.15) is 24.8 Å². The van der Waals surface area contributed by atoms with E-state index in [-0.39, 0.29) is 24.4 Å². The Labute approximate surface area is 155 Å². The summed E-state index contributed by atoms with van der Waals surface area (Å²) in [5, 5.41) is 3.98. The van der Waals surface area contributed by atoms with Crippen LogP contribution in [0.15, 0.2) is 29.2 Å². The van der Waals surface area contributed by atoms with Crippen LogP contribution >= 0.6 is 24.2 Å². The highest BCUT2D eigenvalue weighted by Gasteiger charge is 2.25. The molecule has 1 aromatic rings. The van der Waals surface area contributed by atoms with Crippen molar-refractivity contribution in [2.75, 3.05) is 32.8 Å². The molecule has 3 rings (SSSR count). The van der Waals surface area contributed by atoms with E-state index in [2.05, 4.69) is 36.5 Å². The topological polar surface area (TPSA) is 41.6 Å². The van der Waals surface area contributed by atoms with Crippen molar-refractivity contribution in [3.8, 4) is 0 Å². The Hall–Kier alpha value is -0.750. The summed E-state index contributed by atoms with van der Waals surface area (Å²) >= 11 is 1.95. The predicted octanol–water partition coefficient (Wildman–Crippen LogP) is 2.88. The van der Waals surface area contributed by atoms with E-state index in [4.69, 9.17) is 4.74 Å². The molecule has 2 heterocycles. The number of piperidine rings is 1. The minimum Gasteiger partial charge on any atom is -0.378 e. The fraction of sp³-hybridized carbons (Fsp3) is 0.611. The van der Waals surface area contributed by atoms with Gasteiger partial charge in [-0.1, -0.05) is 17.7 Å². The number of carbonyl (C=O) groups is 1. The van der Waals surface area contributed by atoms with Crippen molar-refractivity contribution < 1.29 is 9.53 Å². The van der Waals surface area contributed by atoms with Crippen LogP contribution in [0.3, 0.4) is 0 Å². The number of amides is 1. The summed E-state index contributed by atoms with van der Waals surface area (Å²) in [6.07, 6.45) is 2.73. The number of nitrogens with zero attached hydrogens (tertiary/aromatic N) is 1. The number of rotatable bonds is 4. The van der Waals surface area contributed by atoms with Gasteiger partial charge in [-0.3, -0.25) is 4.79 Å². The standard InChI is InChI=1S/C18H26N2O2S.ClH/c1-14-2-4-16(5-3-14)23-17-6-9-20(10-7-17)18(21)12-15-13-22-11-8-19-15;/h2-5,15,17,19H,6-13H2,1H3;1H. The van der Waals surface area contributed by atoms with Gasteiger partial charge in [-0.05, 0) is 31.9 Å². The Morgan fingerprint density at radius 2 is 2.00 bits per heavy atom. The van der Waals surface area contributed by atoms with Gasteiger partial charge < -0.3 is 15.0 Å². The first-order chi connectivity index (χ1) is 11.2. The lowest BCUT2D eigenvalue weighted by Gasteiger charge is -2.33. The first-order valence-electron chi connectivity index (χ1n) is 8.53. The number of nitrogens with one attached hydrogen (secondary N) is 1. The Morgan fingerprint density at radius 3 is 2.62 bits per heavy atom. The van der Waals surface area contributed by atoms with E-state index in [0.717, 1.165) is 39.1 Å². The molecule has 24 heavy (non-hydrogen) atoms. The highest BCUT2D eigenvalue weighted by atomic mass is 35.5. The zero-order valence-electron chi connectivity index (χ0n) is 14.2. The van der Waals surface area contributed by atoms with Crippen molar-refractivity contribution in [2.24, 2.45) is 0 Å². The van der Waals surface area contributed by atoms with E-state index in [9.17, 15) is 4.79 Å². The number of hydrogen-bond acceptors (Lipinski definition) is 4. The van der Waals surface area contributed by atoms with Gasteiger partial charge in [0.1, 0.15) is 0 Å². The average Bonchev–Trinajstić information content (AvgIpc) is 2.58. The van der Waals surface area contributed by atoms with Crippen LogP contribution in [0.2, 0.25) is 0 Å². The van der Waals surface area contributed by atoms with E-state index in [1.807, 2.05) is 16.7 Å². The van der Waals surface area contributed by atoms with E-state index in [1.54, 1.807) is 0 Å². The number of hydrogen-bond donors (Lipinski definition) is 1. The van der Waals surface area contributed by atoms with Crippen LogP contribution in [-0.2, 0) is 9.53 Å². The molecule has 0 aliphatic carbocycles. The third kappa shape index (κ3) is 5.66. The Morgan fingerprint density at radius 1 is 1.29 bits per heavy atom. The van der Waals surface area contributed by atoms with E-state index >= 15 is 0 Å². The molecule has 1 unspecified atom stereocenters. The summed E-state index contributed by atoms with van der Waals surface area (Å²) < 4.78 is 5.43. The number of benzene rings is 1. The molecular formula is C18H27ClN2O2S. The zero-order chi connectivity index (χ0) is 16.1. The van der Waals surface area contributed by atoms with E-state index in [1.165, 1.54) is 10.5 Å². The molecule has 0 radical (unpaired) electrons. The summed E-state index contributed by atoms with van der Waals surface area (Å²) in [5.74, 6) is 0.270. The maximum Gasteiger partial charge on any atom is 0.224 e. The Balaban J connectivity index is 0.00000208. The van der Waals surface area contributed by atoms with Gasteiger partial charge in [0.05, 0.1) is 13.2 Å². The van der Waals surface area contributed by atoms with Crippen LogP contribution in [0.4, 0.5) is 0 Å². The van der Waals surface area contributed by atoms with Gasteiger partial charge in [-0.2, -0.15) is 0 Å². The molecule has 1 N–H and O–H groups in total. The third-order valence-electron chi connectivity index (χ3n) is 4.54. The summed E-state index contributed by atoms with van der Waals surface area (Å²) in [4.78, 5) is 15.8. The first-order valence-corrected chi connectivity index (χ1v) is 9.41. The maximum absolute atomic E-state index is 12.4. The highest BCUT2D eigenvalue weighted by Crippen LogP contribution is 2.30. The largest absolute Gasteiger partial charge is 0.378 e. The van der Waals surface area contributed by atoms with Crippen LogP contribution in [0.5, 0.6) is 0 Å². The van der Waals surface area contributed by atoms with Crippen LogP contribution in [0, 0.1) is 6.92 Å². The summed E-state index contributed by atoms with van der Waals surface area (Å²) in [7, 11) is 0. The average molecular weight is 371 g/mol. The van der Waals surface area contributed by atoms with Gasteiger partial charge in [-0.25, -0.2) is 0 Å². The first kappa shape index (κ1) is 19.6. The fourth-order valence-electron chi connectivity index (χ4n) is 3.12. The molecule has 0 aromatic heterocycles. The van der Waals surface area contributed by atoms with Gasteiger partial charge in [-0.15, -0.1) is 24.2 Å². The minimum atomic E-state index is 0. The number of morpholine rings is 1. The number of halogens is 1. The molecule has 1 amide bonds. The van der Waals surface area contributed by atoms with Crippen molar-refractivity contribution in [2.45, 2.75) is 42.4 Å². The van der Waals surface area contributed by atoms with Crippen molar-refractivity contribution >= 4 is 30.1 Å². The number of ether oxygens (including phenoxy) is 1. The zero-order valence-corrected chi connectivity index (χ0v) is 15.8. The lowest BCUT2D eigenvalue weighted by atomic mass is 10.1. The Kier molecular flexibility index (Phi) is 7.88. The molecule has 2 fully saturated rings. The third-order valence-corrected chi connectivity index (χ3v) is 5.89. The van der Waals surface area contributed by atoms with Crippen molar-refractivity contribution in [3.63, 3.8) is 0 Å². The maximum atomic E-state index is 12.4. The predicted molar refractivity (Wildman–Crippen MR) is 101 cm³/mol. The second-order valence-corrected chi connectivity index (χ2v) is 7.81. The van der Waals surface area contributed by atoms with Gasteiger partial charge in [0.2, 0.25) is 5.91 Å². The molecule has 2 aliphatic heterocycles. The van der Waals surface area contributed by atoms with E-state index < -0.39 is 0 Å². The molecule has 134 valence electrons. The second kappa shape index (κ2) is 9.66. The monoisotopic (exact) mass is 370 g/mol.